The Labute approximate surface area is 147 Å². The number of thiazole rings is 1. The van der Waals surface area contributed by atoms with Gasteiger partial charge in [0.1, 0.15) is 5.56 Å². The monoisotopic (exact) mass is 408 g/mol. The minimum Gasteiger partial charge on any atom is -0.494 e. The van der Waals surface area contributed by atoms with E-state index in [1.165, 1.54) is 17.6 Å². The Bertz CT molecular complexity index is 989. The van der Waals surface area contributed by atoms with Crippen LogP contribution in [-0.2, 0) is 0 Å². The van der Waals surface area contributed by atoms with Crippen molar-refractivity contribution in [1.29, 1.82) is 0 Å². The normalized spacial score (nSPS) is 11.2. The second-order valence-corrected chi connectivity index (χ2v) is 6.61. The summed E-state index contributed by atoms with van der Waals surface area (Å²) in [6.45, 7) is 0. The standard InChI is InChI=1S/C14H9BrN4O2S2/c15-8-3-1-7(2-4-8)10-6-23-14(17-10)16-5-9-11(20)18-13(22)19-12(9)21/h1-6H,(H3,18,19,20,21,22)/b16-5+. The summed E-state index contributed by atoms with van der Waals surface area (Å²) in [4.78, 5) is 25.1. The number of aromatic nitrogens is 3. The maximum absolute atomic E-state index is 11.7. The molecule has 0 atom stereocenters. The molecule has 0 aliphatic rings. The molecule has 0 unspecified atom stereocenters. The molecule has 0 spiro atoms. The molecule has 1 aromatic carbocycles. The zero-order valence-electron chi connectivity index (χ0n) is 11.4. The number of nitrogens with one attached hydrogen (secondary N) is 2. The van der Waals surface area contributed by atoms with Crippen LogP contribution in [0, 0.1) is 4.77 Å². The average Bonchev–Trinajstić information content (AvgIpc) is 2.96. The van der Waals surface area contributed by atoms with Crippen LogP contribution in [0.1, 0.15) is 5.56 Å². The van der Waals surface area contributed by atoms with E-state index in [1.807, 2.05) is 29.6 Å². The van der Waals surface area contributed by atoms with E-state index >= 15 is 0 Å². The smallest absolute Gasteiger partial charge is 0.264 e. The van der Waals surface area contributed by atoms with Gasteiger partial charge in [-0.05, 0) is 24.4 Å². The van der Waals surface area contributed by atoms with Gasteiger partial charge < -0.3 is 10.1 Å². The third kappa shape index (κ3) is 3.63. The summed E-state index contributed by atoms with van der Waals surface area (Å²) < 4.78 is 1.04. The number of hydrogen-bond donors (Lipinski definition) is 3. The van der Waals surface area contributed by atoms with Gasteiger partial charge in [-0.1, -0.05) is 28.1 Å². The molecule has 2 heterocycles. The van der Waals surface area contributed by atoms with E-state index in [-0.39, 0.29) is 16.2 Å². The van der Waals surface area contributed by atoms with Gasteiger partial charge >= 0.3 is 0 Å². The second-order valence-electron chi connectivity index (χ2n) is 4.45. The van der Waals surface area contributed by atoms with Crippen LogP contribution in [0.4, 0.5) is 5.13 Å². The Morgan fingerprint density at radius 3 is 2.74 bits per heavy atom. The van der Waals surface area contributed by atoms with Crippen molar-refractivity contribution in [2.24, 2.45) is 4.99 Å². The van der Waals surface area contributed by atoms with Gasteiger partial charge in [0.2, 0.25) is 11.0 Å². The van der Waals surface area contributed by atoms with Crippen LogP contribution >= 0.6 is 39.5 Å². The molecule has 0 amide bonds. The van der Waals surface area contributed by atoms with Crippen molar-refractivity contribution in [3.05, 3.63) is 54.8 Å². The molecule has 116 valence electrons. The van der Waals surface area contributed by atoms with E-state index in [1.54, 1.807) is 0 Å². The predicted molar refractivity (Wildman–Crippen MR) is 96.4 cm³/mol. The van der Waals surface area contributed by atoms with Gasteiger partial charge in [-0.15, -0.1) is 11.3 Å². The zero-order valence-corrected chi connectivity index (χ0v) is 14.6. The first-order chi connectivity index (χ1) is 11.0. The highest BCUT2D eigenvalue weighted by atomic mass is 79.9. The van der Waals surface area contributed by atoms with Crippen molar-refractivity contribution in [3.63, 3.8) is 0 Å². The van der Waals surface area contributed by atoms with E-state index < -0.39 is 5.56 Å². The fourth-order valence-corrected chi connectivity index (χ4v) is 2.92. The molecule has 23 heavy (non-hydrogen) atoms. The number of rotatable bonds is 3. The predicted octanol–water partition coefficient (Wildman–Crippen LogP) is 3.77. The number of hydrogen-bond acceptors (Lipinski definition) is 6. The van der Waals surface area contributed by atoms with Gasteiger partial charge in [0, 0.05) is 21.6 Å². The molecule has 3 rings (SSSR count). The first kappa shape index (κ1) is 15.8. The molecule has 0 bridgehead atoms. The minimum absolute atomic E-state index is 0.000934. The van der Waals surface area contributed by atoms with Crippen LogP contribution in [0.25, 0.3) is 11.3 Å². The Balaban J connectivity index is 1.89. The highest BCUT2D eigenvalue weighted by Crippen LogP contribution is 2.27. The van der Waals surface area contributed by atoms with E-state index in [0.29, 0.717) is 5.13 Å². The Kier molecular flexibility index (Phi) is 4.51. The largest absolute Gasteiger partial charge is 0.494 e. The summed E-state index contributed by atoms with van der Waals surface area (Å²) in [5, 5.41) is 12.1. The van der Waals surface area contributed by atoms with Gasteiger partial charge in [-0.3, -0.25) is 9.78 Å². The molecule has 9 heteroatoms. The fourth-order valence-electron chi connectivity index (χ4n) is 1.80. The number of aromatic amines is 2. The Morgan fingerprint density at radius 1 is 1.30 bits per heavy atom. The van der Waals surface area contributed by atoms with Crippen LogP contribution in [0.15, 0.2) is 43.9 Å². The van der Waals surface area contributed by atoms with Gasteiger partial charge in [0.25, 0.3) is 5.56 Å². The van der Waals surface area contributed by atoms with Gasteiger partial charge in [0.05, 0.1) is 5.69 Å². The van der Waals surface area contributed by atoms with Crippen molar-refractivity contribution in [2.75, 3.05) is 0 Å². The molecule has 0 radical (unpaired) electrons. The quantitative estimate of drug-likeness (QED) is 0.453. The van der Waals surface area contributed by atoms with Gasteiger partial charge in [-0.2, -0.15) is 0 Å². The maximum Gasteiger partial charge on any atom is 0.264 e. The Morgan fingerprint density at radius 2 is 2.04 bits per heavy atom. The second kappa shape index (κ2) is 6.57. The average molecular weight is 409 g/mol. The molecule has 6 nitrogen and oxygen atoms in total. The molecule has 0 aliphatic heterocycles. The highest BCUT2D eigenvalue weighted by Gasteiger charge is 2.06. The lowest BCUT2D eigenvalue weighted by atomic mass is 10.2. The Hall–Kier alpha value is -2.10. The van der Waals surface area contributed by atoms with Gasteiger partial charge in [-0.25, -0.2) is 9.98 Å². The summed E-state index contributed by atoms with van der Waals surface area (Å²) in [6.07, 6.45) is 1.25. The fraction of sp³-hybridized carbons (Fsp3) is 0. The van der Waals surface area contributed by atoms with Crippen molar-refractivity contribution in [1.82, 2.24) is 15.0 Å². The van der Waals surface area contributed by atoms with Crippen LogP contribution < -0.4 is 5.56 Å². The first-order valence-corrected chi connectivity index (χ1v) is 8.42. The van der Waals surface area contributed by atoms with Crippen LogP contribution in [0.2, 0.25) is 0 Å². The summed E-state index contributed by atoms with van der Waals surface area (Å²) >= 11 is 9.48. The van der Waals surface area contributed by atoms with Crippen molar-refractivity contribution >= 4 is 50.8 Å². The lowest BCUT2D eigenvalue weighted by molar-refractivity contribution is 0.449. The van der Waals surface area contributed by atoms with Crippen LogP contribution in [0.3, 0.4) is 0 Å². The van der Waals surface area contributed by atoms with Crippen molar-refractivity contribution < 1.29 is 5.11 Å². The number of aliphatic imine (C=N–C) groups is 1. The molecular formula is C14H9BrN4O2S2. The number of nitrogens with zero attached hydrogens (tertiary/aromatic N) is 2. The van der Waals surface area contributed by atoms with E-state index in [0.717, 1.165) is 15.7 Å². The topological polar surface area (TPSA) is 94.1 Å². The van der Waals surface area contributed by atoms with Crippen molar-refractivity contribution in [2.45, 2.75) is 0 Å². The number of benzene rings is 1. The number of H-pyrrole nitrogens is 2. The SMILES string of the molecule is O=c1[nH]c(=S)[nH]c(O)c1/C=N/c1nc(-c2ccc(Br)cc2)cs1. The lowest BCUT2D eigenvalue weighted by Gasteiger charge is -1.96. The third-order valence-corrected chi connectivity index (χ3v) is 4.38. The molecule has 3 aromatic rings. The van der Waals surface area contributed by atoms with E-state index in [9.17, 15) is 9.90 Å². The van der Waals surface area contributed by atoms with Crippen molar-refractivity contribution in [3.8, 4) is 17.1 Å². The van der Waals surface area contributed by atoms with E-state index in [4.69, 9.17) is 12.2 Å². The molecule has 0 saturated heterocycles. The minimum atomic E-state index is -0.514. The summed E-state index contributed by atoms with van der Waals surface area (Å²) in [7, 11) is 0. The zero-order chi connectivity index (χ0) is 16.4. The molecule has 0 fully saturated rings. The molecular weight excluding hydrogens is 400 g/mol. The number of halogens is 1. The van der Waals surface area contributed by atoms with Crippen LogP contribution in [0.5, 0.6) is 5.88 Å². The first-order valence-electron chi connectivity index (χ1n) is 6.34. The van der Waals surface area contributed by atoms with Gasteiger partial charge in [0.15, 0.2) is 4.77 Å². The van der Waals surface area contributed by atoms with Crippen LogP contribution in [-0.4, -0.2) is 26.3 Å². The maximum atomic E-state index is 11.7. The number of aromatic hydroxyl groups is 1. The third-order valence-electron chi connectivity index (χ3n) is 2.89. The molecule has 3 N–H and O–H groups in total. The summed E-state index contributed by atoms with van der Waals surface area (Å²) in [5.41, 5.74) is 1.24. The lowest BCUT2D eigenvalue weighted by Crippen LogP contribution is -2.13. The van der Waals surface area contributed by atoms with E-state index in [2.05, 4.69) is 35.9 Å². The molecule has 0 aliphatic carbocycles. The molecule has 2 aromatic heterocycles. The summed E-state index contributed by atoms with van der Waals surface area (Å²) in [5.74, 6) is -0.327. The summed E-state index contributed by atoms with van der Waals surface area (Å²) in [6, 6.07) is 7.75. The molecule has 0 saturated carbocycles. The highest BCUT2D eigenvalue weighted by molar-refractivity contribution is 9.10.